The molecule has 1 aliphatic heterocycles. The van der Waals surface area contributed by atoms with Crippen LogP contribution < -0.4 is 0 Å². The number of carbonyl (C=O) groups is 2. The number of aliphatic hydroxyl groups excluding tert-OH is 1. The summed E-state index contributed by atoms with van der Waals surface area (Å²) in [6, 6.07) is 4.69. The van der Waals surface area contributed by atoms with Crippen LogP contribution >= 0.6 is 11.6 Å². The van der Waals surface area contributed by atoms with Crippen molar-refractivity contribution >= 4 is 23.5 Å². The lowest BCUT2D eigenvalue weighted by molar-refractivity contribution is -0.148. The average Bonchev–Trinajstić information content (AvgIpc) is 2.82. The van der Waals surface area contributed by atoms with E-state index in [0.717, 1.165) is 11.1 Å². The topological polar surface area (TPSA) is 77.8 Å². The highest BCUT2D eigenvalue weighted by atomic mass is 35.5. The van der Waals surface area contributed by atoms with Crippen molar-refractivity contribution in [1.29, 1.82) is 0 Å². The minimum absolute atomic E-state index is 0.0878. The molecule has 0 bridgehead atoms. The number of aryl methyl sites for hydroxylation is 2. The second kappa shape index (κ2) is 6.45. The lowest BCUT2D eigenvalue weighted by Crippen LogP contribution is -2.40. The third kappa shape index (κ3) is 3.74. The number of carbonyl (C=O) groups excluding carboxylic acids is 1. The van der Waals surface area contributed by atoms with Gasteiger partial charge in [-0.05, 0) is 30.5 Å². The largest absolute Gasteiger partial charge is 0.480 e. The Labute approximate surface area is 128 Å². The van der Waals surface area contributed by atoms with Gasteiger partial charge in [-0.1, -0.05) is 23.7 Å². The summed E-state index contributed by atoms with van der Waals surface area (Å²) >= 11 is 6.03. The number of aliphatic carboxylic acids is 1. The van der Waals surface area contributed by atoms with Crippen LogP contribution in [0.1, 0.15) is 24.0 Å². The average molecular weight is 312 g/mol. The van der Waals surface area contributed by atoms with Gasteiger partial charge in [0.05, 0.1) is 6.10 Å². The molecular formula is C15H18ClNO4. The van der Waals surface area contributed by atoms with E-state index < -0.39 is 18.1 Å². The van der Waals surface area contributed by atoms with Gasteiger partial charge in [0.25, 0.3) is 0 Å². The van der Waals surface area contributed by atoms with Gasteiger partial charge in [0, 0.05) is 24.4 Å². The van der Waals surface area contributed by atoms with Crippen LogP contribution in [0.3, 0.4) is 0 Å². The molecular weight excluding hydrogens is 294 g/mol. The number of carboxylic acid groups (broad SMARTS) is 1. The molecule has 6 heteroatoms. The second-order valence-corrected chi connectivity index (χ2v) is 5.78. The highest BCUT2D eigenvalue weighted by Gasteiger charge is 2.38. The SMILES string of the molecule is Cc1ccc(CCC(=O)N2CC(O)C[C@H]2C(=O)O)cc1Cl. The molecule has 1 aliphatic rings. The first-order chi connectivity index (χ1) is 9.88. The number of benzene rings is 1. The molecule has 1 amide bonds. The number of rotatable bonds is 4. The van der Waals surface area contributed by atoms with Crippen molar-refractivity contribution < 1.29 is 19.8 Å². The van der Waals surface area contributed by atoms with Gasteiger partial charge < -0.3 is 15.1 Å². The molecule has 1 heterocycles. The summed E-state index contributed by atoms with van der Waals surface area (Å²) in [7, 11) is 0. The van der Waals surface area contributed by atoms with Crippen molar-refractivity contribution in [2.24, 2.45) is 0 Å². The Morgan fingerprint density at radius 2 is 2.14 bits per heavy atom. The third-order valence-corrected chi connectivity index (χ3v) is 4.16. The maximum atomic E-state index is 12.1. The summed E-state index contributed by atoms with van der Waals surface area (Å²) in [5.41, 5.74) is 1.91. The van der Waals surface area contributed by atoms with E-state index in [0.29, 0.717) is 11.4 Å². The van der Waals surface area contributed by atoms with Gasteiger partial charge in [-0.3, -0.25) is 4.79 Å². The predicted molar refractivity (Wildman–Crippen MR) is 78.3 cm³/mol. The molecule has 21 heavy (non-hydrogen) atoms. The van der Waals surface area contributed by atoms with Crippen molar-refractivity contribution in [1.82, 2.24) is 4.90 Å². The summed E-state index contributed by atoms with van der Waals surface area (Å²) in [6.07, 6.45) is 0.0364. The minimum atomic E-state index is -1.07. The molecule has 0 saturated carbocycles. The lowest BCUT2D eigenvalue weighted by Gasteiger charge is -2.21. The highest BCUT2D eigenvalue weighted by Crippen LogP contribution is 2.21. The zero-order valence-electron chi connectivity index (χ0n) is 11.8. The van der Waals surface area contributed by atoms with Crippen LogP contribution in [-0.2, 0) is 16.0 Å². The second-order valence-electron chi connectivity index (χ2n) is 5.37. The van der Waals surface area contributed by atoms with E-state index in [1.807, 2.05) is 25.1 Å². The Bertz CT molecular complexity index is 561. The van der Waals surface area contributed by atoms with Crippen molar-refractivity contribution in [3.8, 4) is 0 Å². The van der Waals surface area contributed by atoms with Crippen LogP contribution in [0, 0.1) is 6.92 Å². The first-order valence-electron chi connectivity index (χ1n) is 6.84. The molecule has 1 fully saturated rings. The molecule has 114 valence electrons. The molecule has 2 rings (SSSR count). The summed E-state index contributed by atoms with van der Waals surface area (Å²) in [5, 5.41) is 19.3. The van der Waals surface area contributed by atoms with E-state index in [9.17, 15) is 14.7 Å². The van der Waals surface area contributed by atoms with E-state index in [1.165, 1.54) is 4.90 Å². The van der Waals surface area contributed by atoms with Crippen LogP contribution in [0.4, 0.5) is 0 Å². The molecule has 2 atom stereocenters. The number of aliphatic hydroxyl groups is 1. The predicted octanol–water partition coefficient (Wildman–Crippen LogP) is 1.63. The van der Waals surface area contributed by atoms with Crippen molar-refractivity contribution in [2.45, 2.75) is 38.3 Å². The monoisotopic (exact) mass is 311 g/mol. The van der Waals surface area contributed by atoms with E-state index >= 15 is 0 Å². The number of amides is 1. The Kier molecular flexibility index (Phi) is 4.85. The van der Waals surface area contributed by atoms with Gasteiger partial charge in [0.1, 0.15) is 6.04 Å². The summed E-state index contributed by atoms with van der Waals surface area (Å²) in [4.78, 5) is 24.5. The van der Waals surface area contributed by atoms with E-state index in [4.69, 9.17) is 16.7 Å². The number of hydrogen-bond donors (Lipinski definition) is 2. The van der Waals surface area contributed by atoms with E-state index in [1.54, 1.807) is 0 Å². The zero-order valence-corrected chi connectivity index (χ0v) is 12.5. The lowest BCUT2D eigenvalue weighted by atomic mass is 10.1. The van der Waals surface area contributed by atoms with Crippen LogP contribution in [0.2, 0.25) is 5.02 Å². The highest BCUT2D eigenvalue weighted by molar-refractivity contribution is 6.31. The van der Waals surface area contributed by atoms with Gasteiger partial charge in [-0.25, -0.2) is 4.79 Å². The van der Waals surface area contributed by atoms with Crippen molar-refractivity contribution in [3.63, 3.8) is 0 Å². The molecule has 1 aromatic carbocycles. The number of likely N-dealkylation sites (tertiary alicyclic amines) is 1. The number of halogens is 1. The first kappa shape index (κ1) is 15.8. The van der Waals surface area contributed by atoms with Crippen LogP contribution in [0.25, 0.3) is 0 Å². The Balaban J connectivity index is 1.97. The molecule has 1 unspecified atom stereocenters. The van der Waals surface area contributed by atoms with Crippen molar-refractivity contribution in [3.05, 3.63) is 34.3 Å². The molecule has 0 radical (unpaired) electrons. The Morgan fingerprint density at radius 3 is 2.76 bits per heavy atom. The third-order valence-electron chi connectivity index (χ3n) is 3.75. The maximum Gasteiger partial charge on any atom is 0.326 e. The number of β-amino-alcohol motifs (C(OH)–C–C–N with tert-alkyl or cyclic N) is 1. The molecule has 5 nitrogen and oxygen atoms in total. The van der Waals surface area contributed by atoms with Gasteiger partial charge in [-0.2, -0.15) is 0 Å². The van der Waals surface area contributed by atoms with Gasteiger partial charge in [0.2, 0.25) is 5.91 Å². The maximum absolute atomic E-state index is 12.1. The molecule has 0 spiro atoms. The fourth-order valence-corrected chi connectivity index (χ4v) is 2.71. The quantitative estimate of drug-likeness (QED) is 0.886. The number of carboxylic acids is 1. The van der Waals surface area contributed by atoms with E-state index in [2.05, 4.69) is 0 Å². The normalized spacial score (nSPS) is 21.6. The number of nitrogens with zero attached hydrogens (tertiary/aromatic N) is 1. The molecule has 2 N–H and O–H groups in total. The van der Waals surface area contributed by atoms with E-state index in [-0.39, 0.29) is 25.3 Å². The van der Waals surface area contributed by atoms with Gasteiger partial charge in [-0.15, -0.1) is 0 Å². The summed E-state index contributed by atoms with van der Waals surface area (Å²) < 4.78 is 0. The number of hydrogen-bond acceptors (Lipinski definition) is 3. The first-order valence-corrected chi connectivity index (χ1v) is 7.21. The standard InChI is InChI=1S/C15H18ClNO4/c1-9-2-3-10(6-12(9)16)4-5-14(19)17-8-11(18)7-13(17)15(20)21/h2-3,6,11,13,18H,4-5,7-8H2,1H3,(H,20,21)/t11?,13-/m0/s1. The van der Waals surface area contributed by atoms with Gasteiger partial charge in [0.15, 0.2) is 0 Å². The zero-order chi connectivity index (χ0) is 15.6. The van der Waals surface area contributed by atoms with Crippen molar-refractivity contribution in [2.75, 3.05) is 6.54 Å². The minimum Gasteiger partial charge on any atom is -0.480 e. The van der Waals surface area contributed by atoms with Crippen LogP contribution in [0.15, 0.2) is 18.2 Å². The summed E-state index contributed by atoms with van der Waals surface area (Å²) in [6.45, 7) is 1.99. The summed E-state index contributed by atoms with van der Waals surface area (Å²) in [5.74, 6) is -1.33. The molecule has 1 aromatic rings. The van der Waals surface area contributed by atoms with Crippen LogP contribution in [-0.4, -0.2) is 45.7 Å². The Morgan fingerprint density at radius 1 is 1.43 bits per heavy atom. The fourth-order valence-electron chi connectivity index (χ4n) is 2.51. The fraction of sp³-hybridized carbons (Fsp3) is 0.467. The smallest absolute Gasteiger partial charge is 0.326 e. The Hall–Kier alpha value is -1.59. The van der Waals surface area contributed by atoms with Gasteiger partial charge >= 0.3 is 5.97 Å². The molecule has 0 aliphatic carbocycles. The molecule has 1 saturated heterocycles. The van der Waals surface area contributed by atoms with Crippen LogP contribution in [0.5, 0.6) is 0 Å². The molecule has 0 aromatic heterocycles.